The van der Waals surface area contributed by atoms with E-state index in [-0.39, 0.29) is 5.91 Å². The van der Waals surface area contributed by atoms with Crippen LogP contribution in [0.5, 0.6) is 0 Å². The molecule has 0 aliphatic heterocycles. The second-order valence-corrected chi connectivity index (χ2v) is 9.00. The van der Waals surface area contributed by atoms with Crippen molar-refractivity contribution >= 4 is 45.7 Å². The third kappa shape index (κ3) is 4.92. The lowest BCUT2D eigenvalue weighted by atomic mass is 10.2. The molecular weight excluding hydrogens is 422 g/mol. The zero-order valence-corrected chi connectivity index (χ0v) is 18.2. The van der Waals surface area contributed by atoms with Gasteiger partial charge in [0.1, 0.15) is 5.69 Å². The molecule has 1 aromatic carbocycles. The first-order chi connectivity index (χ1) is 14.2. The lowest BCUT2D eigenvalue weighted by Gasteiger charge is -2.00. The average molecular weight is 442 g/mol. The first kappa shape index (κ1) is 19.8. The van der Waals surface area contributed by atoms with Crippen LogP contribution in [0.1, 0.15) is 29.3 Å². The van der Waals surface area contributed by atoms with Crippen molar-refractivity contribution in [1.82, 2.24) is 19.1 Å². The number of amides is 1. The fourth-order valence-corrected chi connectivity index (χ4v) is 4.83. The molecule has 0 atom stereocenters. The van der Waals surface area contributed by atoms with Crippen LogP contribution in [0.4, 0.5) is 5.13 Å². The average Bonchev–Trinajstić information content (AvgIpc) is 3.48. The number of rotatable bonds is 8. The molecule has 3 heterocycles. The van der Waals surface area contributed by atoms with Crippen LogP contribution in [0, 0.1) is 0 Å². The Hall–Kier alpha value is -2.49. The Morgan fingerprint density at radius 3 is 2.83 bits per heavy atom. The molecule has 4 rings (SSSR count). The molecule has 148 valence electrons. The molecule has 6 nitrogen and oxygen atoms in total. The predicted molar refractivity (Wildman–Crippen MR) is 120 cm³/mol. The smallest absolute Gasteiger partial charge is 0.261 e. The molecule has 0 saturated heterocycles. The van der Waals surface area contributed by atoms with Crippen LogP contribution in [-0.2, 0) is 6.54 Å². The van der Waals surface area contributed by atoms with Crippen molar-refractivity contribution < 1.29 is 4.79 Å². The minimum absolute atomic E-state index is 0.226. The number of nitrogens with zero attached hydrogens (tertiary/aromatic N) is 4. The van der Waals surface area contributed by atoms with Crippen molar-refractivity contribution in [2.45, 2.75) is 25.0 Å². The molecule has 0 unspecified atom stereocenters. The number of carbonyl (C=O) groups is 1. The number of hydrogen-bond acceptors (Lipinski definition) is 7. The summed E-state index contributed by atoms with van der Waals surface area (Å²) < 4.78 is 6.10. The van der Waals surface area contributed by atoms with E-state index in [4.69, 9.17) is 0 Å². The minimum atomic E-state index is -0.226. The maximum atomic E-state index is 13.0. The summed E-state index contributed by atoms with van der Waals surface area (Å²) >= 11 is 4.35. The van der Waals surface area contributed by atoms with Gasteiger partial charge in [0.2, 0.25) is 10.3 Å². The SMILES string of the molecule is CCCSc1nsc(NC(=O)c2cn(Cc3ccccc3)nc2-c2cccs2)n1. The zero-order valence-electron chi connectivity index (χ0n) is 15.7. The molecular formula is C20H19N5OS3. The van der Waals surface area contributed by atoms with E-state index in [0.29, 0.717) is 28.1 Å². The van der Waals surface area contributed by atoms with Gasteiger partial charge in [0, 0.05) is 23.5 Å². The van der Waals surface area contributed by atoms with Crippen molar-refractivity contribution in [3.8, 4) is 10.6 Å². The Morgan fingerprint density at radius 2 is 2.07 bits per heavy atom. The lowest BCUT2D eigenvalue weighted by Crippen LogP contribution is -2.12. The van der Waals surface area contributed by atoms with E-state index in [9.17, 15) is 4.79 Å². The van der Waals surface area contributed by atoms with Crippen molar-refractivity contribution in [3.05, 3.63) is 65.2 Å². The third-order valence-electron chi connectivity index (χ3n) is 4.01. The molecule has 3 aromatic heterocycles. The van der Waals surface area contributed by atoms with Gasteiger partial charge >= 0.3 is 0 Å². The molecule has 9 heteroatoms. The summed E-state index contributed by atoms with van der Waals surface area (Å²) in [5.74, 6) is 0.731. The van der Waals surface area contributed by atoms with Gasteiger partial charge in [0.05, 0.1) is 17.0 Å². The Bertz CT molecular complexity index is 1070. The van der Waals surface area contributed by atoms with Crippen LogP contribution in [0.15, 0.2) is 59.2 Å². The molecule has 0 bridgehead atoms. The largest absolute Gasteiger partial charge is 0.296 e. The van der Waals surface area contributed by atoms with E-state index >= 15 is 0 Å². The van der Waals surface area contributed by atoms with E-state index in [1.165, 1.54) is 11.5 Å². The highest BCUT2D eigenvalue weighted by Crippen LogP contribution is 2.28. The number of thiophene rings is 1. The Kier molecular flexibility index (Phi) is 6.38. The van der Waals surface area contributed by atoms with Gasteiger partial charge < -0.3 is 0 Å². The Labute approximate surface area is 181 Å². The Morgan fingerprint density at radius 1 is 1.21 bits per heavy atom. The molecule has 4 aromatic rings. The topological polar surface area (TPSA) is 72.7 Å². The minimum Gasteiger partial charge on any atom is -0.296 e. The zero-order chi connectivity index (χ0) is 20.1. The van der Waals surface area contributed by atoms with Crippen molar-refractivity contribution in [3.63, 3.8) is 0 Å². The second-order valence-electron chi connectivity index (χ2n) is 6.24. The maximum absolute atomic E-state index is 13.0. The number of hydrogen-bond donors (Lipinski definition) is 1. The lowest BCUT2D eigenvalue weighted by molar-refractivity contribution is 0.102. The van der Waals surface area contributed by atoms with Crippen LogP contribution in [-0.4, -0.2) is 30.8 Å². The first-order valence-electron chi connectivity index (χ1n) is 9.16. The number of nitrogens with one attached hydrogen (secondary N) is 1. The summed E-state index contributed by atoms with van der Waals surface area (Å²) in [4.78, 5) is 18.3. The molecule has 1 N–H and O–H groups in total. The normalized spacial score (nSPS) is 10.9. The van der Waals surface area contributed by atoms with Gasteiger partial charge in [-0.25, -0.2) is 0 Å². The van der Waals surface area contributed by atoms with E-state index in [2.05, 4.69) is 26.7 Å². The van der Waals surface area contributed by atoms with Crippen LogP contribution >= 0.6 is 34.6 Å². The van der Waals surface area contributed by atoms with Crippen molar-refractivity contribution in [2.75, 3.05) is 11.1 Å². The number of carbonyl (C=O) groups excluding carboxylic acids is 1. The molecule has 29 heavy (non-hydrogen) atoms. The van der Waals surface area contributed by atoms with E-state index < -0.39 is 0 Å². The van der Waals surface area contributed by atoms with Gasteiger partial charge in [-0.1, -0.05) is 55.1 Å². The first-order valence-corrected chi connectivity index (χ1v) is 11.8. The highest BCUT2D eigenvalue weighted by Gasteiger charge is 2.20. The van der Waals surface area contributed by atoms with Gasteiger partial charge in [-0.2, -0.15) is 14.5 Å². The Balaban J connectivity index is 1.57. The number of anilines is 1. The van der Waals surface area contributed by atoms with E-state index in [0.717, 1.165) is 22.6 Å². The number of thioether (sulfide) groups is 1. The molecule has 1 amide bonds. The molecule has 0 fully saturated rings. The molecule has 0 aliphatic rings. The quantitative estimate of drug-likeness (QED) is 0.377. The predicted octanol–water partition coefficient (Wildman–Crippen LogP) is 5.27. The van der Waals surface area contributed by atoms with Crippen LogP contribution in [0.3, 0.4) is 0 Å². The summed E-state index contributed by atoms with van der Waals surface area (Å²) in [6.07, 6.45) is 2.85. The van der Waals surface area contributed by atoms with Crippen molar-refractivity contribution in [1.29, 1.82) is 0 Å². The van der Waals surface area contributed by atoms with Gasteiger partial charge in [-0.15, -0.1) is 11.3 Å². The van der Waals surface area contributed by atoms with E-state index in [1.807, 2.05) is 52.5 Å². The van der Waals surface area contributed by atoms with Gasteiger partial charge in [-0.05, 0) is 23.4 Å². The maximum Gasteiger partial charge on any atom is 0.261 e. The summed E-state index contributed by atoms with van der Waals surface area (Å²) in [6, 6.07) is 14.0. The standard InChI is InChI=1S/C20H19N5OS3/c1-2-10-28-20-22-19(29-24-20)21-18(26)15-13-25(12-14-7-4-3-5-8-14)23-17(15)16-9-6-11-27-16/h3-9,11,13H,2,10,12H2,1H3,(H,21,22,24,26). The molecule has 0 saturated carbocycles. The highest BCUT2D eigenvalue weighted by molar-refractivity contribution is 7.99. The fraction of sp³-hybridized carbons (Fsp3) is 0.200. The van der Waals surface area contributed by atoms with Gasteiger partial charge in [0.25, 0.3) is 5.91 Å². The third-order valence-corrected chi connectivity index (χ3v) is 6.69. The van der Waals surface area contributed by atoms with Crippen LogP contribution in [0.25, 0.3) is 10.6 Å². The van der Waals surface area contributed by atoms with Gasteiger partial charge in [-0.3, -0.25) is 14.8 Å². The monoisotopic (exact) mass is 441 g/mol. The number of benzene rings is 1. The molecule has 0 aliphatic carbocycles. The second kappa shape index (κ2) is 9.34. The van der Waals surface area contributed by atoms with Crippen LogP contribution < -0.4 is 5.32 Å². The fourth-order valence-electron chi connectivity index (χ4n) is 2.71. The van der Waals surface area contributed by atoms with Gasteiger partial charge in [0.15, 0.2) is 0 Å². The van der Waals surface area contributed by atoms with E-state index in [1.54, 1.807) is 29.3 Å². The summed E-state index contributed by atoms with van der Waals surface area (Å²) in [7, 11) is 0. The van der Waals surface area contributed by atoms with Crippen LogP contribution in [0.2, 0.25) is 0 Å². The molecule has 0 spiro atoms. The van der Waals surface area contributed by atoms with Crippen molar-refractivity contribution in [2.24, 2.45) is 0 Å². The summed E-state index contributed by atoms with van der Waals surface area (Å²) in [5, 5.41) is 10.7. The molecule has 0 radical (unpaired) electrons. The number of aromatic nitrogens is 4. The highest BCUT2D eigenvalue weighted by atomic mass is 32.2. The summed E-state index contributed by atoms with van der Waals surface area (Å²) in [5.41, 5.74) is 2.33. The summed E-state index contributed by atoms with van der Waals surface area (Å²) in [6.45, 7) is 2.71.